The van der Waals surface area contributed by atoms with Crippen LogP contribution in [-0.2, 0) is 4.79 Å². The molecule has 0 spiro atoms. The third-order valence-electron chi connectivity index (χ3n) is 1.58. The largest absolute Gasteiger partial charge is 0.350 e. The molecule has 0 aromatic rings. The van der Waals surface area contributed by atoms with Gasteiger partial charge in [-0.05, 0) is 6.92 Å². The number of guanidine groups is 1. The third kappa shape index (κ3) is 3.80. The molecule has 0 aromatic carbocycles. The van der Waals surface area contributed by atoms with E-state index in [0.717, 1.165) is 0 Å². The first kappa shape index (κ1) is 13.2. The standard InChI is InChI=1S/C9H16N4O2/c1-6(2)7(14)13(5)9(12(3)4)11-8(10)15/h1H2,2-5H3,(H2,10,15)/b11-9+. The molecule has 0 rings (SSSR count). The van der Waals surface area contributed by atoms with Gasteiger partial charge >= 0.3 is 6.03 Å². The van der Waals surface area contributed by atoms with E-state index in [0.29, 0.717) is 5.57 Å². The van der Waals surface area contributed by atoms with Crippen LogP contribution < -0.4 is 5.73 Å². The van der Waals surface area contributed by atoms with Crippen LogP contribution in [0.1, 0.15) is 6.92 Å². The van der Waals surface area contributed by atoms with Gasteiger partial charge in [0.25, 0.3) is 5.91 Å². The van der Waals surface area contributed by atoms with Crippen LogP contribution in [0, 0.1) is 0 Å². The van der Waals surface area contributed by atoms with Crippen molar-refractivity contribution < 1.29 is 9.59 Å². The van der Waals surface area contributed by atoms with Gasteiger partial charge in [0.15, 0.2) is 0 Å². The minimum absolute atomic E-state index is 0.176. The number of hydrogen-bond donors (Lipinski definition) is 1. The van der Waals surface area contributed by atoms with Crippen molar-refractivity contribution in [2.75, 3.05) is 21.1 Å². The van der Waals surface area contributed by atoms with Gasteiger partial charge in [-0.2, -0.15) is 4.99 Å². The highest BCUT2D eigenvalue weighted by Gasteiger charge is 2.17. The van der Waals surface area contributed by atoms with E-state index >= 15 is 0 Å². The molecule has 0 aliphatic heterocycles. The van der Waals surface area contributed by atoms with E-state index in [9.17, 15) is 9.59 Å². The predicted molar refractivity (Wildman–Crippen MR) is 58.3 cm³/mol. The smallest absolute Gasteiger partial charge is 0.341 e. The second-order valence-electron chi connectivity index (χ2n) is 3.29. The summed E-state index contributed by atoms with van der Waals surface area (Å²) in [4.78, 5) is 28.5. The van der Waals surface area contributed by atoms with E-state index in [1.54, 1.807) is 21.0 Å². The fourth-order valence-corrected chi connectivity index (χ4v) is 0.951. The zero-order valence-electron chi connectivity index (χ0n) is 9.44. The molecule has 0 aliphatic rings. The summed E-state index contributed by atoms with van der Waals surface area (Å²) >= 11 is 0. The van der Waals surface area contributed by atoms with E-state index in [2.05, 4.69) is 11.6 Å². The lowest BCUT2D eigenvalue weighted by Gasteiger charge is -2.24. The molecular formula is C9H16N4O2. The molecule has 6 heteroatoms. The lowest BCUT2D eigenvalue weighted by Crippen LogP contribution is -2.42. The molecule has 0 radical (unpaired) electrons. The molecule has 6 nitrogen and oxygen atoms in total. The van der Waals surface area contributed by atoms with Crippen LogP contribution in [0.3, 0.4) is 0 Å². The number of rotatable bonds is 1. The minimum atomic E-state index is -0.847. The number of nitrogens with two attached hydrogens (primary N) is 1. The molecule has 0 saturated carbocycles. The highest BCUT2D eigenvalue weighted by atomic mass is 16.2. The number of aliphatic imine (C=N–C) groups is 1. The first-order valence-corrected chi connectivity index (χ1v) is 4.26. The van der Waals surface area contributed by atoms with Gasteiger partial charge < -0.3 is 10.6 Å². The summed E-state index contributed by atoms with van der Waals surface area (Å²) in [5.74, 6) is -0.140. The number of hydrogen-bond acceptors (Lipinski definition) is 2. The predicted octanol–water partition coefficient (Wildman–Crippen LogP) is 0.0172. The van der Waals surface area contributed by atoms with Crippen LogP contribution in [0.2, 0.25) is 0 Å². The maximum atomic E-state index is 11.5. The SMILES string of the molecule is C=C(C)C(=O)N(C)/C(=N/C(N)=O)N(C)C. The molecule has 3 amide bonds. The quantitative estimate of drug-likeness (QED) is 0.378. The Balaban J connectivity index is 5.03. The van der Waals surface area contributed by atoms with Crippen molar-refractivity contribution in [1.29, 1.82) is 0 Å². The number of likely N-dealkylation sites (N-methyl/N-ethyl adjacent to an activating group) is 1. The number of amides is 3. The average Bonchev–Trinajstić information content (AvgIpc) is 2.10. The van der Waals surface area contributed by atoms with E-state index in [-0.39, 0.29) is 11.9 Å². The summed E-state index contributed by atoms with van der Waals surface area (Å²) in [7, 11) is 4.81. The zero-order valence-corrected chi connectivity index (χ0v) is 9.44. The Bertz CT molecular complexity index is 320. The average molecular weight is 212 g/mol. The molecule has 0 unspecified atom stereocenters. The molecule has 84 valence electrons. The van der Waals surface area contributed by atoms with Crippen LogP contribution in [0.15, 0.2) is 17.1 Å². The molecule has 15 heavy (non-hydrogen) atoms. The van der Waals surface area contributed by atoms with Gasteiger partial charge in [-0.15, -0.1) is 0 Å². The Morgan fingerprint density at radius 3 is 2.00 bits per heavy atom. The van der Waals surface area contributed by atoms with Crippen LogP contribution >= 0.6 is 0 Å². The van der Waals surface area contributed by atoms with Gasteiger partial charge in [0.2, 0.25) is 5.96 Å². The van der Waals surface area contributed by atoms with Crippen molar-refractivity contribution >= 4 is 17.9 Å². The number of carbonyl (C=O) groups excluding carboxylic acids is 2. The fourth-order valence-electron chi connectivity index (χ4n) is 0.951. The monoisotopic (exact) mass is 212 g/mol. The van der Waals surface area contributed by atoms with Crippen molar-refractivity contribution in [2.24, 2.45) is 10.7 Å². The molecule has 0 fully saturated rings. The maximum Gasteiger partial charge on any atom is 0.341 e. The second-order valence-corrected chi connectivity index (χ2v) is 3.29. The molecule has 0 heterocycles. The van der Waals surface area contributed by atoms with Crippen molar-refractivity contribution in [3.8, 4) is 0 Å². The molecule has 0 bridgehead atoms. The Labute approximate surface area is 89.0 Å². The summed E-state index contributed by atoms with van der Waals surface area (Å²) in [5.41, 5.74) is 5.29. The van der Waals surface area contributed by atoms with Crippen molar-refractivity contribution in [3.63, 3.8) is 0 Å². The summed E-state index contributed by atoms with van der Waals surface area (Å²) < 4.78 is 0. The summed E-state index contributed by atoms with van der Waals surface area (Å²) in [5, 5.41) is 0. The van der Waals surface area contributed by atoms with Gasteiger partial charge in [0.1, 0.15) is 0 Å². The van der Waals surface area contributed by atoms with Crippen LogP contribution in [0.25, 0.3) is 0 Å². The van der Waals surface area contributed by atoms with Gasteiger partial charge in [-0.1, -0.05) is 6.58 Å². The van der Waals surface area contributed by atoms with Crippen molar-refractivity contribution in [3.05, 3.63) is 12.2 Å². The topological polar surface area (TPSA) is 79.0 Å². The van der Waals surface area contributed by atoms with Gasteiger partial charge in [-0.3, -0.25) is 9.69 Å². The van der Waals surface area contributed by atoms with E-state index < -0.39 is 6.03 Å². The highest BCUT2D eigenvalue weighted by Crippen LogP contribution is 1.99. The molecule has 0 atom stereocenters. The van der Waals surface area contributed by atoms with Gasteiger partial charge in [0.05, 0.1) is 0 Å². The molecule has 0 aliphatic carbocycles. The third-order valence-corrected chi connectivity index (χ3v) is 1.58. The number of primary amides is 1. The summed E-state index contributed by atoms with van der Waals surface area (Å²) in [6.45, 7) is 5.10. The van der Waals surface area contributed by atoms with Gasteiger partial charge in [-0.25, -0.2) is 4.79 Å². The molecular weight excluding hydrogens is 196 g/mol. The maximum absolute atomic E-state index is 11.5. The van der Waals surface area contributed by atoms with E-state index in [4.69, 9.17) is 5.73 Å². The number of carbonyl (C=O) groups is 2. The lowest BCUT2D eigenvalue weighted by molar-refractivity contribution is -0.122. The lowest BCUT2D eigenvalue weighted by atomic mass is 10.3. The molecule has 0 aromatic heterocycles. The summed E-state index contributed by atoms with van der Waals surface area (Å²) in [6, 6.07) is -0.847. The van der Waals surface area contributed by atoms with E-state index in [1.165, 1.54) is 16.8 Å². The highest BCUT2D eigenvalue weighted by molar-refractivity contribution is 6.06. The van der Waals surface area contributed by atoms with Crippen LogP contribution in [-0.4, -0.2) is 48.8 Å². The Kier molecular flexibility index (Phi) is 4.50. The first-order valence-electron chi connectivity index (χ1n) is 4.26. The molecule has 2 N–H and O–H groups in total. The first-order chi connectivity index (χ1) is 6.77. The van der Waals surface area contributed by atoms with Crippen molar-refractivity contribution in [1.82, 2.24) is 9.80 Å². The Morgan fingerprint density at radius 1 is 1.27 bits per heavy atom. The van der Waals surface area contributed by atoms with Gasteiger partial charge in [0, 0.05) is 26.7 Å². The van der Waals surface area contributed by atoms with Crippen molar-refractivity contribution in [2.45, 2.75) is 6.92 Å². The second kappa shape index (κ2) is 5.14. The number of urea groups is 1. The number of nitrogens with zero attached hydrogens (tertiary/aromatic N) is 3. The van der Waals surface area contributed by atoms with E-state index in [1.807, 2.05) is 0 Å². The fraction of sp³-hybridized carbons (Fsp3) is 0.444. The normalized spacial score (nSPS) is 10.8. The minimum Gasteiger partial charge on any atom is -0.350 e. The Morgan fingerprint density at radius 2 is 1.73 bits per heavy atom. The molecule has 0 saturated heterocycles. The van der Waals surface area contributed by atoms with Crippen LogP contribution in [0.5, 0.6) is 0 Å². The Hall–Kier alpha value is -1.85. The van der Waals surface area contributed by atoms with Crippen LogP contribution in [0.4, 0.5) is 4.79 Å². The summed E-state index contributed by atoms with van der Waals surface area (Å²) in [6.07, 6.45) is 0. The zero-order chi connectivity index (χ0) is 12.2.